The van der Waals surface area contributed by atoms with Crippen LogP contribution in [0.15, 0.2) is 12.2 Å². The fourth-order valence-corrected chi connectivity index (χ4v) is 14.7. The highest BCUT2D eigenvalue weighted by atomic mass is 16.5. The van der Waals surface area contributed by atoms with Crippen molar-refractivity contribution in [3.05, 3.63) is 12.2 Å². The lowest BCUT2D eigenvalue weighted by Gasteiger charge is -2.65. The molecular weight excluding hydrogens is 666 g/mol. The zero-order chi connectivity index (χ0) is 39.4. The average Bonchev–Trinajstić information content (AvgIpc) is 3.45. The molecule has 14 atom stereocenters. The summed E-state index contributed by atoms with van der Waals surface area (Å²) in [7, 11) is 0. The van der Waals surface area contributed by atoms with Gasteiger partial charge in [0.2, 0.25) is 5.91 Å². The molecule has 0 spiro atoms. The van der Waals surface area contributed by atoms with Crippen molar-refractivity contribution in [3.8, 4) is 0 Å². The molecule has 0 heterocycles. The molecule has 3 N–H and O–H groups in total. The Hall–Kier alpha value is -2.38. The minimum atomic E-state index is -0.834. The number of rotatable bonds is 9. The van der Waals surface area contributed by atoms with Crippen molar-refractivity contribution in [2.24, 2.45) is 85.8 Å². The molecule has 14 unspecified atom stereocenters. The van der Waals surface area contributed by atoms with Crippen LogP contribution in [0.2, 0.25) is 0 Å². The van der Waals surface area contributed by atoms with Gasteiger partial charge < -0.3 is 20.3 Å². The third-order valence-corrected chi connectivity index (χ3v) is 18.6. The standard InChI is InChI=1S/C45H71NO7/c1-13-32-42(9,10)34(53-38(51)31-22-29(36(47)48)40(31,5)6)17-18-44(32,12)27-14-15-28-35-26(24(2)3)16-19-45(35,21-20-43(28,11)25(27)4)39(52)46-33-23-30(37(49)50)41(33,7)8/h25-35H,2,13-23H2,1,3-12H3,(H,46,52)(H,47,48)(H,49,50). The Kier molecular flexibility index (Phi) is 9.96. The molecule has 8 heteroatoms. The number of carbonyl (C=O) groups is 4. The number of carboxylic acid groups (broad SMARTS) is 2. The zero-order valence-corrected chi connectivity index (χ0v) is 34.8. The van der Waals surface area contributed by atoms with Crippen LogP contribution in [-0.2, 0) is 23.9 Å². The van der Waals surface area contributed by atoms with Crippen LogP contribution >= 0.6 is 0 Å². The Morgan fingerprint density at radius 1 is 0.736 bits per heavy atom. The molecule has 6 aliphatic carbocycles. The largest absolute Gasteiger partial charge is 0.481 e. The van der Waals surface area contributed by atoms with Gasteiger partial charge in [-0.05, 0) is 128 Å². The first-order valence-electron chi connectivity index (χ1n) is 21.0. The van der Waals surface area contributed by atoms with Gasteiger partial charge >= 0.3 is 17.9 Å². The van der Waals surface area contributed by atoms with Crippen molar-refractivity contribution < 1.29 is 34.1 Å². The molecule has 298 valence electrons. The maximum absolute atomic E-state index is 14.6. The van der Waals surface area contributed by atoms with Gasteiger partial charge in [0.25, 0.3) is 0 Å². The normalized spacial score (nSPS) is 46.4. The van der Waals surface area contributed by atoms with Gasteiger partial charge in [0.1, 0.15) is 6.10 Å². The lowest BCUT2D eigenvalue weighted by Crippen LogP contribution is -2.65. The number of allylic oxidation sites excluding steroid dienone is 1. The van der Waals surface area contributed by atoms with E-state index in [2.05, 4.69) is 60.4 Å². The summed E-state index contributed by atoms with van der Waals surface area (Å²) >= 11 is 0. The van der Waals surface area contributed by atoms with E-state index in [9.17, 15) is 29.4 Å². The van der Waals surface area contributed by atoms with Crippen LogP contribution < -0.4 is 5.32 Å². The molecule has 0 aromatic carbocycles. The van der Waals surface area contributed by atoms with Crippen molar-refractivity contribution in [2.45, 2.75) is 159 Å². The molecule has 6 rings (SSSR count). The Morgan fingerprint density at radius 2 is 1.34 bits per heavy atom. The smallest absolute Gasteiger partial charge is 0.309 e. The Balaban J connectivity index is 1.22. The van der Waals surface area contributed by atoms with Gasteiger partial charge in [-0.15, -0.1) is 0 Å². The van der Waals surface area contributed by atoms with Crippen LogP contribution in [0.25, 0.3) is 0 Å². The van der Waals surface area contributed by atoms with Crippen LogP contribution in [0.3, 0.4) is 0 Å². The minimum Gasteiger partial charge on any atom is -0.481 e. The van der Waals surface area contributed by atoms with Gasteiger partial charge in [-0.3, -0.25) is 19.2 Å². The van der Waals surface area contributed by atoms with Gasteiger partial charge in [0, 0.05) is 11.5 Å². The molecule has 0 radical (unpaired) electrons. The monoisotopic (exact) mass is 738 g/mol. The topological polar surface area (TPSA) is 130 Å². The minimum absolute atomic E-state index is 0.0600. The van der Waals surface area contributed by atoms with E-state index in [1.54, 1.807) is 0 Å². The van der Waals surface area contributed by atoms with Crippen molar-refractivity contribution >= 4 is 23.8 Å². The zero-order valence-electron chi connectivity index (χ0n) is 34.8. The number of carboxylic acids is 2. The summed E-state index contributed by atoms with van der Waals surface area (Å²) < 4.78 is 6.40. The van der Waals surface area contributed by atoms with Crippen molar-refractivity contribution in [1.29, 1.82) is 0 Å². The van der Waals surface area contributed by atoms with Crippen LogP contribution in [0.4, 0.5) is 0 Å². The molecule has 53 heavy (non-hydrogen) atoms. The summed E-state index contributed by atoms with van der Waals surface area (Å²) in [5.74, 6) is -0.759. The fraction of sp³-hybridized carbons (Fsp3) is 0.867. The number of hydrogen-bond acceptors (Lipinski definition) is 5. The fourth-order valence-electron chi connectivity index (χ4n) is 14.7. The first-order chi connectivity index (χ1) is 24.4. The van der Waals surface area contributed by atoms with Gasteiger partial charge in [-0.1, -0.05) is 87.8 Å². The maximum Gasteiger partial charge on any atom is 0.309 e. The first kappa shape index (κ1) is 40.3. The van der Waals surface area contributed by atoms with E-state index in [0.717, 1.165) is 57.8 Å². The molecule has 0 bridgehead atoms. The number of esters is 1. The van der Waals surface area contributed by atoms with Gasteiger partial charge in [0.05, 0.1) is 23.2 Å². The molecule has 6 aliphatic rings. The summed E-state index contributed by atoms with van der Waals surface area (Å²) in [4.78, 5) is 51.8. The van der Waals surface area contributed by atoms with Crippen molar-refractivity contribution in [3.63, 3.8) is 0 Å². The molecule has 6 fully saturated rings. The van der Waals surface area contributed by atoms with E-state index in [0.29, 0.717) is 42.4 Å². The van der Waals surface area contributed by atoms with E-state index in [4.69, 9.17) is 4.74 Å². The number of ether oxygens (including phenoxy) is 1. The summed E-state index contributed by atoms with van der Waals surface area (Å²) in [5.41, 5.74) is -0.430. The van der Waals surface area contributed by atoms with Gasteiger partial charge in [-0.25, -0.2) is 0 Å². The number of carbonyl (C=O) groups excluding carboxylic acids is 2. The number of hydrogen-bond donors (Lipinski definition) is 3. The van der Waals surface area contributed by atoms with Crippen LogP contribution in [0, 0.1) is 85.8 Å². The molecule has 1 amide bonds. The van der Waals surface area contributed by atoms with Crippen molar-refractivity contribution in [1.82, 2.24) is 5.32 Å². The van der Waals surface area contributed by atoms with Crippen LogP contribution in [0.5, 0.6) is 0 Å². The summed E-state index contributed by atoms with van der Waals surface area (Å²) in [5, 5.41) is 22.8. The lowest BCUT2D eigenvalue weighted by atomic mass is 9.40. The highest BCUT2D eigenvalue weighted by Crippen LogP contribution is 2.71. The van der Waals surface area contributed by atoms with Gasteiger partial charge in [-0.2, -0.15) is 0 Å². The Morgan fingerprint density at radius 3 is 1.89 bits per heavy atom. The quantitative estimate of drug-likeness (QED) is 0.159. The molecule has 0 aliphatic heterocycles. The average molecular weight is 738 g/mol. The summed E-state index contributed by atoms with van der Waals surface area (Å²) in [6, 6.07) is -0.122. The molecule has 0 aromatic rings. The second-order valence-corrected chi connectivity index (χ2v) is 21.5. The third-order valence-electron chi connectivity index (χ3n) is 18.6. The van der Waals surface area contributed by atoms with E-state index < -0.39 is 40.0 Å². The van der Waals surface area contributed by atoms with E-state index in [-0.39, 0.29) is 52.1 Å². The summed E-state index contributed by atoms with van der Waals surface area (Å²) in [6.45, 7) is 28.8. The van der Waals surface area contributed by atoms with E-state index >= 15 is 0 Å². The SMILES string of the molecule is C=C(C)C1CCC2(C(=O)NC3CC(C(=O)O)C3(C)C)CCC3(C)C(C)C(C4(C)CCC(OC(=O)C5CC(C(=O)O)C5(C)C)C(C)(C)C4CC)CCC3C12. The van der Waals surface area contributed by atoms with Gasteiger partial charge in [0.15, 0.2) is 0 Å². The second-order valence-electron chi connectivity index (χ2n) is 21.5. The van der Waals surface area contributed by atoms with Crippen LogP contribution in [0.1, 0.15) is 147 Å². The van der Waals surface area contributed by atoms with E-state index in [1.165, 1.54) is 5.57 Å². The third kappa shape index (κ3) is 5.77. The van der Waals surface area contributed by atoms with Crippen molar-refractivity contribution in [2.75, 3.05) is 0 Å². The maximum atomic E-state index is 14.6. The predicted octanol–water partition coefficient (Wildman–Crippen LogP) is 9.16. The number of nitrogens with one attached hydrogen (secondary N) is 1. The Bertz CT molecular complexity index is 1530. The highest BCUT2D eigenvalue weighted by Gasteiger charge is 2.68. The molecule has 0 aromatic heterocycles. The lowest BCUT2D eigenvalue weighted by molar-refractivity contribution is -0.204. The number of aliphatic carboxylic acids is 2. The molecule has 6 saturated carbocycles. The molecular formula is C45H71NO7. The second kappa shape index (κ2) is 13.1. The van der Waals surface area contributed by atoms with Crippen LogP contribution in [-0.4, -0.2) is 46.2 Å². The van der Waals surface area contributed by atoms with E-state index in [1.807, 2.05) is 27.7 Å². The molecule has 8 nitrogen and oxygen atoms in total. The first-order valence-corrected chi connectivity index (χ1v) is 21.0. The summed E-state index contributed by atoms with van der Waals surface area (Å²) in [6.07, 6.45) is 9.41. The predicted molar refractivity (Wildman–Crippen MR) is 205 cm³/mol. The molecule has 0 saturated heterocycles. The Labute approximate surface area is 319 Å². The number of amides is 1. The number of fused-ring (bicyclic) bond motifs is 3. The highest BCUT2D eigenvalue weighted by molar-refractivity contribution is 5.85.